The van der Waals surface area contributed by atoms with E-state index in [0.29, 0.717) is 12.0 Å². The van der Waals surface area contributed by atoms with Crippen LogP contribution in [0.15, 0.2) is 53.6 Å². The van der Waals surface area contributed by atoms with E-state index in [2.05, 4.69) is 10.3 Å². The summed E-state index contributed by atoms with van der Waals surface area (Å²) >= 11 is 12.8. The fraction of sp³-hybridized carbons (Fsp3) is 0.400. The van der Waals surface area contributed by atoms with Crippen molar-refractivity contribution in [2.75, 3.05) is 20.1 Å². The molecule has 0 saturated carbocycles. The molecule has 1 heterocycles. The van der Waals surface area contributed by atoms with E-state index in [1.54, 1.807) is 12.1 Å². The molecule has 3 aromatic rings. The van der Waals surface area contributed by atoms with Gasteiger partial charge < -0.3 is 15.5 Å². The van der Waals surface area contributed by atoms with E-state index >= 15 is 0 Å². The number of aliphatic carboxylic acids is 1. The van der Waals surface area contributed by atoms with Crippen molar-refractivity contribution in [3.05, 3.63) is 81.6 Å². The number of hydrogen-bond donors (Lipinski definition) is 3. The van der Waals surface area contributed by atoms with Gasteiger partial charge in [0.1, 0.15) is 10.7 Å². The summed E-state index contributed by atoms with van der Waals surface area (Å²) in [4.78, 5) is 14.3. The summed E-state index contributed by atoms with van der Waals surface area (Å²) in [6, 6.07) is 9.81. The zero-order valence-corrected chi connectivity index (χ0v) is 26.4. The SMILES string of the molecule is CN(C[C@H](O)CNC(C)(C)CCCc1ccc(F)nc1)S(=O)(=O)c1c(Cl)cc(-c2c(F)cccc2CCC(=O)O)cc1Cl. The second-order valence-corrected chi connectivity index (χ2v) is 13.8. The summed E-state index contributed by atoms with van der Waals surface area (Å²) in [6.45, 7) is 3.78. The zero-order valence-electron chi connectivity index (χ0n) is 24.1. The van der Waals surface area contributed by atoms with Gasteiger partial charge in [0.05, 0.1) is 16.1 Å². The number of halogens is 4. The zero-order chi connectivity index (χ0) is 31.9. The number of carboxylic acid groups (broad SMARTS) is 1. The van der Waals surface area contributed by atoms with Gasteiger partial charge in [-0.25, -0.2) is 17.8 Å². The van der Waals surface area contributed by atoms with Gasteiger partial charge in [-0.05, 0) is 80.5 Å². The number of nitrogens with one attached hydrogen (secondary N) is 1. The lowest BCUT2D eigenvalue weighted by molar-refractivity contribution is -0.136. The Kier molecular flexibility index (Phi) is 12.0. The van der Waals surface area contributed by atoms with Crippen molar-refractivity contribution in [2.24, 2.45) is 0 Å². The molecule has 13 heteroatoms. The van der Waals surface area contributed by atoms with Gasteiger partial charge in [0.2, 0.25) is 16.0 Å². The third-order valence-corrected chi connectivity index (χ3v) is 9.75. The lowest BCUT2D eigenvalue weighted by Gasteiger charge is -2.29. The van der Waals surface area contributed by atoms with Crippen LogP contribution in [0.25, 0.3) is 11.1 Å². The molecule has 0 aliphatic heterocycles. The molecule has 0 aliphatic carbocycles. The van der Waals surface area contributed by atoms with Crippen LogP contribution < -0.4 is 5.32 Å². The first-order chi connectivity index (χ1) is 20.1. The van der Waals surface area contributed by atoms with Crippen molar-refractivity contribution in [1.29, 1.82) is 0 Å². The van der Waals surface area contributed by atoms with Crippen molar-refractivity contribution < 1.29 is 32.2 Å². The molecular weight excluding hydrogens is 623 g/mol. The topological polar surface area (TPSA) is 120 Å². The summed E-state index contributed by atoms with van der Waals surface area (Å²) in [7, 11) is -2.97. The minimum atomic E-state index is -4.26. The molecule has 0 spiro atoms. The Morgan fingerprint density at radius 1 is 1.12 bits per heavy atom. The van der Waals surface area contributed by atoms with Crippen molar-refractivity contribution in [3.63, 3.8) is 0 Å². The molecule has 3 rings (SSSR count). The lowest BCUT2D eigenvalue weighted by Crippen LogP contribution is -2.46. The van der Waals surface area contributed by atoms with E-state index in [1.807, 2.05) is 13.8 Å². The van der Waals surface area contributed by atoms with Gasteiger partial charge in [-0.3, -0.25) is 4.79 Å². The number of rotatable bonds is 15. The molecule has 43 heavy (non-hydrogen) atoms. The Morgan fingerprint density at radius 3 is 2.40 bits per heavy atom. The maximum Gasteiger partial charge on any atom is 0.303 e. The van der Waals surface area contributed by atoms with Crippen LogP contribution in [0, 0.1) is 11.8 Å². The number of sulfonamides is 1. The van der Waals surface area contributed by atoms with Gasteiger partial charge in [-0.1, -0.05) is 41.4 Å². The van der Waals surface area contributed by atoms with Gasteiger partial charge in [0, 0.05) is 43.9 Å². The van der Waals surface area contributed by atoms with Crippen molar-refractivity contribution in [1.82, 2.24) is 14.6 Å². The predicted molar refractivity (Wildman–Crippen MR) is 163 cm³/mol. The average Bonchev–Trinajstić information content (AvgIpc) is 2.91. The first-order valence-electron chi connectivity index (χ1n) is 13.6. The minimum absolute atomic E-state index is 0.0505. The molecule has 0 unspecified atom stereocenters. The molecule has 0 amide bonds. The van der Waals surface area contributed by atoms with Crippen LogP contribution in [0.2, 0.25) is 10.0 Å². The van der Waals surface area contributed by atoms with Crippen LogP contribution in [-0.2, 0) is 27.7 Å². The monoisotopic (exact) mass is 657 g/mol. The van der Waals surface area contributed by atoms with Gasteiger partial charge >= 0.3 is 5.97 Å². The number of nitrogens with zero attached hydrogens (tertiary/aromatic N) is 2. The number of aliphatic hydroxyl groups is 1. The number of hydrogen-bond acceptors (Lipinski definition) is 6. The minimum Gasteiger partial charge on any atom is -0.481 e. The van der Waals surface area contributed by atoms with Crippen LogP contribution in [-0.4, -0.2) is 65.7 Å². The highest BCUT2D eigenvalue weighted by Crippen LogP contribution is 2.38. The van der Waals surface area contributed by atoms with E-state index in [4.69, 9.17) is 28.3 Å². The quantitative estimate of drug-likeness (QED) is 0.179. The van der Waals surface area contributed by atoms with Crippen molar-refractivity contribution >= 4 is 39.2 Å². The van der Waals surface area contributed by atoms with E-state index in [-0.39, 0.29) is 57.5 Å². The second-order valence-electron chi connectivity index (χ2n) is 11.0. The predicted octanol–water partition coefficient (Wildman–Crippen LogP) is 5.72. The van der Waals surface area contributed by atoms with E-state index < -0.39 is 33.9 Å². The van der Waals surface area contributed by atoms with Gasteiger partial charge in [0.25, 0.3) is 0 Å². The second kappa shape index (κ2) is 14.9. The maximum atomic E-state index is 14.8. The average molecular weight is 659 g/mol. The molecule has 8 nitrogen and oxygen atoms in total. The largest absolute Gasteiger partial charge is 0.481 e. The summed E-state index contributed by atoms with van der Waals surface area (Å²) < 4.78 is 55.6. The van der Waals surface area contributed by atoms with Gasteiger partial charge in [0.15, 0.2) is 0 Å². The highest BCUT2D eigenvalue weighted by molar-refractivity contribution is 7.89. The van der Waals surface area contributed by atoms with Gasteiger partial charge in [-0.15, -0.1) is 0 Å². The Morgan fingerprint density at radius 2 is 1.79 bits per heavy atom. The van der Waals surface area contributed by atoms with E-state index in [1.165, 1.54) is 43.6 Å². The fourth-order valence-electron chi connectivity index (χ4n) is 4.68. The summed E-state index contributed by atoms with van der Waals surface area (Å²) in [5, 5.41) is 22.5. The van der Waals surface area contributed by atoms with Crippen molar-refractivity contribution in [2.45, 2.75) is 62.5 Å². The van der Waals surface area contributed by atoms with Crippen LogP contribution >= 0.6 is 23.2 Å². The summed E-state index contributed by atoms with van der Waals surface area (Å²) in [5.74, 6) is -2.20. The first-order valence-corrected chi connectivity index (χ1v) is 15.8. The van der Waals surface area contributed by atoms with Crippen LogP contribution in [0.3, 0.4) is 0 Å². The van der Waals surface area contributed by atoms with E-state index in [0.717, 1.165) is 22.7 Å². The molecule has 2 aromatic carbocycles. The number of aliphatic hydroxyl groups excluding tert-OH is 1. The van der Waals surface area contributed by atoms with E-state index in [9.17, 15) is 27.1 Å². The molecule has 0 aliphatic rings. The number of carboxylic acids is 1. The third kappa shape index (κ3) is 9.66. The Balaban J connectivity index is 1.66. The summed E-state index contributed by atoms with van der Waals surface area (Å²) in [5.41, 5.74) is 1.25. The first kappa shape index (κ1) is 34.8. The Labute approximate surface area is 260 Å². The van der Waals surface area contributed by atoms with Crippen molar-refractivity contribution in [3.8, 4) is 11.1 Å². The van der Waals surface area contributed by atoms with Crippen LogP contribution in [0.1, 0.15) is 44.2 Å². The number of carbonyl (C=O) groups is 1. The number of benzene rings is 2. The molecule has 0 bridgehead atoms. The summed E-state index contributed by atoms with van der Waals surface area (Å²) in [6.07, 6.45) is 2.50. The molecule has 0 saturated heterocycles. The highest BCUT2D eigenvalue weighted by atomic mass is 35.5. The normalized spacial score (nSPS) is 13.0. The Bertz CT molecular complexity index is 1520. The molecule has 3 N–H and O–H groups in total. The van der Waals surface area contributed by atoms with Gasteiger partial charge in [-0.2, -0.15) is 8.70 Å². The third-order valence-electron chi connectivity index (χ3n) is 7.00. The standard InChI is InChI=1S/C30H35Cl2F2N3O5S/c1-30(2,13-5-6-19-9-11-26(34)35-16-19)36-17-22(38)18-37(3)43(41,42)29-23(31)14-21(15-24(29)32)28-20(10-12-27(39)40)7-4-8-25(28)33/h4,7-9,11,14-16,22,36,38H,5-6,10,12-13,17-18H2,1-3H3,(H,39,40)/t22-/m1/s1. The molecule has 0 fully saturated rings. The molecule has 234 valence electrons. The Hall–Kier alpha value is -2.67. The number of pyridine rings is 1. The number of aryl methyl sites for hydroxylation is 2. The molecule has 1 atom stereocenters. The number of β-amino-alcohol motifs (C(OH)–C–C–N with tert-alkyl or cyclic N) is 1. The van der Waals surface area contributed by atoms with Crippen LogP contribution in [0.4, 0.5) is 8.78 Å². The number of likely N-dealkylation sites (N-methyl/N-ethyl adjacent to an activating group) is 1. The smallest absolute Gasteiger partial charge is 0.303 e. The number of aromatic nitrogens is 1. The molecule has 1 aromatic heterocycles. The molecule has 0 radical (unpaired) electrons. The fourth-order valence-corrected chi connectivity index (χ4v) is 7.04. The molecular formula is C30H35Cl2F2N3O5S. The van der Waals surface area contributed by atoms with Crippen LogP contribution in [0.5, 0.6) is 0 Å². The lowest BCUT2D eigenvalue weighted by atomic mass is 9.95. The highest BCUT2D eigenvalue weighted by Gasteiger charge is 2.30. The maximum absolute atomic E-state index is 14.8.